The van der Waals surface area contributed by atoms with Gasteiger partial charge in [-0.15, -0.1) is 11.8 Å². The summed E-state index contributed by atoms with van der Waals surface area (Å²) in [4.78, 5) is 35.1. The molecule has 0 heterocycles. The Morgan fingerprint density at radius 2 is 1.76 bits per heavy atom. The van der Waals surface area contributed by atoms with Crippen LogP contribution < -0.4 is 5.32 Å². The average molecular weight is 410 g/mol. The molecule has 0 spiro atoms. The molecule has 0 bridgehead atoms. The molecule has 29 heavy (non-hydrogen) atoms. The van der Waals surface area contributed by atoms with E-state index in [-0.39, 0.29) is 5.69 Å². The minimum atomic E-state index is -0.565. The van der Waals surface area contributed by atoms with Gasteiger partial charge in [0.1, 0.15) is 5.25 Å². The second-order valence-electron chi connectivity index (χ2n) is 6.23. The number of esters is 1. The Labute approximate surface area is 171 Å². The fraction of sp³-hybridized carbons (Fsp3) is 0.143. The highest BCUT2D eigenvalue weighted by atomic mass is 32.2. The van der Waals surface area contributed by atoms with Crippen LogP contribution in [0.3, 0.4) is 0 Å². The number of nitrogens with one attached hydrogen (secondary N) is 1. The van der Waals surface area contributed by atoms with Gasteiger partial charge in [0.05, 0.1) is 4.92 Å². The molecule has 3 rings (SSSR count). The molecule has 0 saturated carbocycles. The zero-order chi connectivity index (χ0) is 20.8. The molecule has 1 N–H and O–H groups in total. The predicted molar refractivity (Wildman–Crippen MR) is 112 cm³/mol. The van der Waals surface area contributed by atoms with Crippen LogP contribution in [0.2, 0.25) is 0 Å². The third-order valence-electron chi connectivity index (χ3n) is 4.07. The van der Waals surface area contributed by atoms with Crippen LogP contribution in [0, 0.1) is 10.1 Å². The van der Waals surface area contributed by atoms with Crippen LogP contribution in [0.15, 0.2) is 71.6 Å². The van der Waals surface area contributed by atoms with Gasteiger partial charge in [-0.3, -0.25) is 19.7 Å². The number of hydrogen-bond donors (Lipinski definition) is 1. The van der Waals surface area contributed by atoms with E-state index in [2.05, 4.69) is 5.32 Å². The minimum absolute atomic E-state index is 0.0186. The summed E-state index contributed by atoms with van der Waals surface area (Å²) in [6, 6.07) is 19.2. The molecular weight excluding hydrogens is 392 g/mol. The second kappa shape index (κ2) is 9.20. The van der Waals surface area contributed by atoms with Gasteiger partial charge in [0.15, 0.2) is 6.61 Å². The summed E-state index contributed by atoms with van der Waals surface area (Å²) in [5, 5.41) is 14.9. The maximum Gasteiger partial charge on any atom is 0.319 e. The summed E-state index contributed by atoms with van der Waals surface area (Å²) in [5.41, 5.74) is 0.605. The lowest BCUT2D eigenvalue weighted by Crippen LogP contribution is -2.24. The van der Waals surface area contributed by atoms with Crippen molar-refractivity contribution in [1.82, 2.24) is 0 Å². The van der Waals surface area contributed by atoms with Gasteiger partial charge in [0, 0.05) is 22.7 Å². The van der Waals surface area contributed by atoms with Crippen LogP contribution in [0.4, 0.5) is 11.4 Å². The largest absolute Gasteiger partial charge is 0.455 e. The minimum Gasteiger partial charge on any atom is -0.455 e. The highest BCUT2D eigenvalue weighted by molar-refractivity contribution is 8.00. The first-order valence-corrected chi connectivity index (χ1v) is 9.67. The van der Waals surface area contributed by atoms with E-state index in [0.29, 0.717) is 10.6 Å². The summed E-state index contributed by atoms with van der Waals surface area (Å²) < 4.78 is 5.08. The van der Waals surface area contributed by atoms with Gasteiger partial charge in [0.2, 0.25) is 0 Å². The Morgan fingerprint density at radius 3 is 2.45 bits per heavy atom. The molecule has 8 heteroatoms. The molecule has 1 amide bonds. The number of carbonyl (C=O) groups excluding carboxylic acids is 2. The quantitative estimate of drug-likeness (QED) is 0.268. The second-order valence-corrected chi connectivity index (χ2v) is 7.64. The van der Waals surface area contributed by atoms with Gasteiger partial charge in [-0.25, -0.2) is 0 Å². The molecule has 7 nitrogen and oxygen atoms in total. The molecular formula is C21H18N2O5S. The van der Waals surface area contributed by atoms with E-state index >= 15 is 0 Å². The number of hydrogen-bond acceptors (Lipinski definition) is 6. The smallest absolute Gasteiger partial charge is 0.319 e. The Morgan fingerprint density at radius 1 is 1.07 bits per heavy atom. The molecule has 1 atom stereocenters. The van der Waals surface area contributed by atoms with Crippen molar-refractivity contribution >= 4 is 45.8 Å². The summed E-state index contributed by atoms with van der Waals surface area (Å²) in [5.74, 6) is -0.969. The molecule has 0 aliphatic rings. The summed E-state index contributed by atoms with van der Waals surface area (Å²) in [7, 11) is 0. The summed E-state index contributed by atoms with van der Waals surface area (Å²) in [6.07, 6.45) is 0. The van der Waals surface area contributed by atoms with E-state index in [9.17, 15) is 19.7 Å². The lowest BCUT2D eigenvalue weighted by molar-refractivity contribution is -0.384. The van der Waals surface area contributed by atoms with Crippen molar-refractivity contribution in [2.24, 2.45) is 0 Å². The zero-order valence-electron chi connectivity index (χ0n) is 15.5. The van der Waals surface area contributed by atoms with Crippen LogP contribution in [-0.4, -0.2) is 28.7 Å². The number of nitrogens with zero attached hydrogens (tertiary/aromatic N) is 1. The number of anilines is 1. The van der Waals surface area contributed by atoms with Gasteiger partial charge in [0.25, 0.3) is 11.6 Å². The monoisotopic (exact) mass is 410 g/mol. The van der Waals surface area contributed by atoms with Crippen molar-refractivity contribution in [3.63, 3.8) is 0 Å². The number of ether oxygens (including phenoxy) is 1. The number of carbonyl (C=O) groups is 2. The highest BCUT2D eigenvalue weighted by Crippen LogP contribution is 2.26. The number of non-ortho nitro benzene ring substituents is 1. The van der Waals surface area contributed by atoms with E-state index in [1.54, 1.807) is 25.1 Å². The van der Waals surface area contributed by atoms with Crippen molar-refractivity contribution < 1.29 is 19.2 Å². The van der Waals surface area contributed by atoms with Gasteiger partial charge < -0.3 is 10.1 Å². The fourth-order valence-corrected chi connectivity index (χ4v) is 3.48. The zero-order valence-corrected chi connectivity index (χ0v) is 16.3. The first-order chi connectivity index (χ1) is 13.9. The Hall–Kier alpha value is -3.39. The molecule has 0 fully saturated rings. The topological polar surface area (TPSA) is 98.5 Å². The Kier molecular flexibility index (Phi) is 6.46. The SMILES string of the molecule is C[C@@H](Sc1ccc([N+](=O)[O-])cc1)C(=O)OCC(=O)Nc1ccc2ccccc2c1. The van der Waals surface area contributed by atoms with Gasteiger partial charge >= 0.3 is 5.97 Å². The Balaban J connectivity index is 1.49. The number of nitro groups is 1. The highest BCUT2D eigenvalue weighted by Gasteiger charge is 2.18. The van der Waals surface area contributed by atoms with E-state index < -0.39 is 28.7 Å². The lowest BCUT2D eigenvalue weighted by atomic mass is 10.1. The molecule has 0 aliphatic heterocycles. The molecule has 3 aromatic rings. The van der Waals surface area contributed by atoms with Crippen molar-refractivity contribution in [3.8, 4) is 0 Å². The molecule has 0 unspecified atom stereocenters. The average Bonchev–Trinajstić information content (AvgIpc) is 2.72. The van der Waals surface area contributed by atoms with Crippen LogP contribution in [-0.2, 0) is 14.3 Å². The number of fused-ring (bicyclic) bond motifs is 1. The summed E-state index contributed by atoms with van der Waals surface area (Å²) >= 11 is 1.20. The number of amides is 1. The standard InChI is InChI=1S/C21H18N2O5S/c1-14(29-19-10-8-18(9-11-19)23(26)27)21(25)28-13-20(24)22-17-7-6-15-4-2-3-5-16(15)12-17/h2-12,14H,13H2,1H3,(H,22,24)/t14-/m1/s1. The van der Waals surface area contributed by atoms with Crippen LogP contribution in [0.5, 0.6) is 0 Å². The molecule has 0 saturated heterocycles. The van der Waals surface area contributed by atoms with Crippen LogP contribution >= 0.6 is 11.8 Å². The number of thioether (sulfide) groups is 1. The number of nitro benzene ring substituents is 1. The summed E-state index contributed by atoms with van der Waals surface area (Å²) in [6.45, 7) is 1.26. The van der Waals surface area contributed by atoms with Gasteiger partial charge in [-0.1, -0.05) is 30.3 Å². The normalized spacial score (nSPS) is 11.6. The molecule has 0 aromatic heterocycles. The van der Waals surface area contributed by atoms with Crippen LogP contribution in [0.25, 0.3) is 10.8 Å². The molecule has 148 valence electrons. The van der Waals surface area contributed by atoms with Gasteiger partial charge in [-0.2, -0.15) is 0 Å². The molecule has 0 radical (unpaired) electrons. The first-order valence-electron chi connectivity index (χ1n) is 8.79. The molecule has 3 aromatic carbocycles. The molecule has 0 aliphatic carbocycles. The third kappa shape index (κ3) is 5.55. The maximum absolute atomic E-state index is 12.1. The van der Waals surface area contributed by atoms with Crippen LogP contribution in [0.1, 0.15) is 6.92 Å². The lowest BCUT2D eigenvalue weighted by Gasteiger charge is -2.11. The fourth-order valence-electron chi connectivity index (χ4n) is 2.62. The van der Waals surface area contributed by atoms with E-state index in [4.69, 9.17) is 4.74 Å². The van der Waals surface area contributed by atoms with Crippen molar-refractivity contribution in [3.05, 3.63) is 76.8 Å². The van der Waals surface area contributed by atoms with E-state index in [1.807, 2.05) is 36.4 Å². The number of rotatable bonds is 7. The third-order valence-corrected chi connectivity index (χ3v) is 5.16. The van der Waals surface area contributed by atoms with E-state index in [0.717, 1.165) is 10.8 Å². The first kappa shape index (κ1) is 20.3. The van der Waals surface area contributed by atoms with Crippen molar-refractivity contribution in [2.75, 3.05) is 11.9 Å². The van der Waals surface area contributed by atoms with E-state index in [1.165, 1.54) is 23.9 Å². The maximum atomic E-state index is 12.1. The van der Waals surface area contributed by atoms with Crippen molar-refractivity contribution in [2.45, 2.75) is 17.1 Å². The van der Waals surface area contributed by atoms with Crippen molar-refractivity contribution in [1.29, 1.82) is 0 Å². The number of benzene rings is 3. The Bertz CT molecular complexity index is 1050. The predicted octanol–water partition coefficient (Wildman–Crippen LogP) is 4.41. The van der Waals surface area contributed by atoms with Gasteiger partial charge in [-0.05, 0) is 42.0 Å².